The fourth-order valence-corrected chi connectivity index (χ4v) is 7.49. The molecule has 12 heavy (non-hydrogen) atoms. The Morgan fingerprint density at radius 2 is 1.00 bits per heavy atom. The van der Waals surface area contributed by atoms with Gasteiger partial charge in [0.15, 0.2) is 0 Å². The molecule has 0 radical (unpaired) electrons. The topological polar surface area (TPSA) is 0 Å². The molecule has 1 heteroatoms. The monoisotopic (exact) mass is 190 g/mol. The van der Waals surface area contributed by atoms with E-state index in [4.69, 9.17) is 0 Å². The molecule has 0 atom stereocenters. The van der Waals surface area contributed by atoms with Gasteiger partial charge in [0, 0.05) is 0 Å². The molecule has 0 nitrogen and oxygen atoms in total. The van der Waals surface area contributed by atoms with Crippen LogP contribution in [0.5, 0.6) is 0 Å². The fraction of sp³-hybridized carbons (Fsp3) is 1.00. The Hall–Kier alpha value is 0.430. The SMILES string of the molecule is CCC[PH](CC)(CCC)CCC. The zero-order valence-corrected chi connectivity index (χ0v) is 10.4. The summed E-state index contributed by atoms with van der Waals surface area (Å²) in [4.78, 5) is 0. The minimum atomic E-state index is -0.769. The van der Waals surface area contributed by atoms with Gasteiger partial charge in [-0.1, -0.05) is 0 Å². The van der Waals surface area contributed by atoms with Gasteiger partial charge in [-0.15, -0.1) is 0 Å². The average molecular weight is 190 g/mol. The molecular formula is C11H27P. The molecule has 0 rings (SSSR count). The molecule has 0 aliphatic heterocycles. The third-order valence-corrected chi connectivity index (χ3v) is 9.27. The van der Waals surface area contributed by atoms with Crippen LogP contribution in [0.15, 0.2) is 0 Å². The summed E-state index contributed by atoms with van der Waals surface area (Å²) in [5.41, 5.74) is 0. The average Bonchev–Trinajstić information content (AvgIpc) is 2.06. The van der Waals surface area contributed by atoms with E-state index in [0.29, 0.717) is 0 Å². The van der Waals surface area contributed by atoms with Crippen molar-refractivity contribution in [2.75, 3.05) is 24.6 Å². The third-order valence-electron chi connectivity index (χ3n) is 3.09. The van der Waals surface area contributed by atoms with Crippen LogP contribution >= 0.6 is 7.26 Å². The van der Waals surface area contributed by atoms with Gasteiger partial charge in [0.1, 0.15) is 0 Å². The second-order valence-electron chi connectivity index (χ2n) is 4.10. The molecule has 0 aromatic rings. The summed E-state index contributed by atoms with van der Waals surface area (Å²) >= 11 is 0. The second kappa shape index (κ2) is 6.89. The number of hydrogen-bond acceptors (Lipinski definition) is 0. The Morgan fingerprint density at radius 3 is 1.17 bits per heavy atom. The Labute approximate surface area is 79.5 Å². The van der Waals surface area contributed by atoms with Crippen LogP contribution < -0.4 is 0 Å². The van der Waals surface area contributed by atoms with E-state index in [9.17, 15) is 0 Å². The molecule has 0 unspecified atom stereocenters. The summed E-state index contributed by atoms with van der Waals surface area (Å²) in [5.74, 6) is 0. The zero-order chi connectivity index (χ0) is 9.45. The van der Waals surface area contributed by atoms with Crippen molar-refractivity contribution in [2.45, 2.75) is 47.0 Å². The molecule has 0 saturated carbocycles. The quantitative estimate of drug-likeness (QED) is 0.532. The van der Waals surface area contributed by atoms with E-state index in [1.165, 1.54) is 25.4 Å². The summed E-state index contributed by atoms with van der Waals surface area (Å²) in [7, 11) is -0.769. The summed E-state index contributed by atoms with van der Waals surface area (Å²) in [5, 5.41) is 0. The van der Waals surface area contributed by atoms with Gasteiger partial charge in [0.2, 0.25) is 0 Å². The van der Waals surface area contributed by atoms with Crippen molar-refractivity contribution in [3.05, 3.63) is 0 Å². The predicted molar refractivity (Wildman–Crippen MR) is 64.3 cm³/mol. The molecule has 0 aliphatic rings. The molecule has 0 heterocycles. The molecule has 0 aromatic carbocycles. The van der Waals surface area contributed by atoms with Gasteiger partial charge in [0.05, 0.1) is 0 Å². The first-order chi connectivity index (χ1) is 5.74. The van der Waals surface area contributed by atoms with Crippen LogP contribution in [0.4, 0.5) is 0 Å². The van der Waals surface area contributed by atoms with Crippen molar-refractivity contribution < 1.29 is 0 Å². The van der Waals surface area contributed by atoms with Crippen molar-refractivity contribution in [2.24, 2.45) is 0 Å². The summed E-state index contributed by atoms with van der Waals surface area (Å²) < 4.78 is 0. The van der Waals surface area contributed by atoms with Gasteiger partial charge in [-0.05, 0) is 0 Å². The van der Waals surface area contributed by atoms with Crippen molar-refractivity contribution in [1.29, 1.82) is 0 Å². The maximum atomic E-state index is 2.42. The fourth-order valence-electron chi connectivity index (χ4n) is 2.50. The van der Waals surface area contributed by atoms with E-state index >= 15 is 0 Å². The van der Waals surface area contributed by atoms with E-state index < -0.39 is 7.26 Å². The second-order valence-corrected chi connectivity index (χ2v) is 9.31. The van der Waals surface area contributed by atoms with Gasteiger partial charge in [-0.2, -0.15) is 0 Å². The van der Waals surface area contributed by atoms with Crippen LogP contribution in [0.25, 0.3) is 0 Å². The Bertz CT molecular complexity index is 82.2. The predicted octanol–water partition coefficient (Wildman–Crippen LogP) is 3.99. The van der Waals surface area contributed by atoms with Gasteiger partial charge >= 0.3 is 78.9 Å². The molecule has 0 spiro atoms. The van der Waals surface area contributed by atoms with Gasteiger partial charge in [-0.25, -0.2) is 0 Å². The molecule has 0 aromatic heterocycles. The van der Waals surface area contributed by atoms with Crippen molar-refractivity contribution in [3.8, 4) is 0 Å². The summed E-state index contributed by atoms with van der Waals surface area (Å²) in [6.07, 6.45) is 10.5. The Morgan fingerprint density at radius 1 is 0.667 bits per heavy atom. The van der Waals surface area contributed by atoms with E-state index in [2.05, 4.69) is 27.7 Å². The Kier molecular flexibility index (Phi) is 7.14. The van der Waals surface area contributed by atoms with Crippen molar-refractivity contribution in [1.82, 2.24) is 0 Å². The molecule has 76 valence electrons. The van der Waals surface area contributed by atoms with Gasteiger partial charge in [0.25, 0.3) is 0 Å². The van der Waals surface area contributed by atoms with E-state index in [1.54, 1.807) is 18.5 Å². The van der Waals surface area contributed by atoms with Crippen LogP contribution in [0.2, 0.25) is 0 Å². The normalized spacial score (nSPS) is 13.3. The van der Waals surface area contributed by atoms with Crippen LogP contribution in [0, 0.1) is 0 Å². The molecule has 0 saturated heterocycles. The molecular weight excluding hydrogens is 163 g/mol. The molecule has 0 N–H and O–H groups in total. The molecule has 0 bridgehead atoms. The summed E-state index contributed by atoms with van der Waals surface area (Å²) in [6.45, 7) is 9.47. The number of rotatable bonds is 7. The van der Waals surface area contributed by atoms with E-state index in [1.807, 2.05) is 0 Å². The van der Waals surface area contributed by atoms with Gasteiger partial charge < -0.3 is 0 Å². The van der Waals surface area contributed by atoms with Crippen LogP contribution in [0.1, 0.15) is 47.0 Å². The zero-order valence-electron chi connectivity index (χ0n) is 9.45. The third kappa shape index (κ3) is 3.90. The first-order valence-electron chi connectivity index (χ1n) is 5.74. The van der Waals surface area contributed by atoms with Crippen LogP contribution in [0.3, 0.4) is 0 Å². The maximum absolute atomic E-state index is 2.42. The summed E-state index contributed by atoms with van der Waals surface area (Å²) in [6, 6.07) is 0. The first-order valence-corrected chi connectivity index (χ1v) is 8.57. The number of hydrogen-bond donors (Lipinski definition) is 0. The molecule has 0 fully saturated rings. The van der Waals surface area contributed by atoms with Crippen molar-refractivity contribution in [3.63, 3.8) is 0 Å². The van der Waals surface area contributed by atoms with Crippen LogP contribution in [-0.4, -0.2) is 24.6 Å². The van der Waals surface area contributed by atoms with E-state index in [-0.39, 0.29) is 0 Å². The van der Waals surface area contributed by atoms with Crippen molar-refractivity contribution >= 4 is 7.26 Å². The van der Waals surface area contributed by atoms with Gasteiger partial charge in [-0.3, -0.25) is 0 Å². The Balaban J connectivity index is 4.06. The standard InChI is InChI=1S/C11H27P/c1-5-9-12(8-4,10-6-2)11-7-3/h12H,5-11H2,1-4H3. The van der Waals surface area contributed by atoms with E-state index in [0.717, 1.165) is 0 Å². The van der Waals surface area contributed by atoms with Crippen LogP contribution in [-0.2, 0) is 0 Å². The molecule has 0 amide bonds. The molecule has 0 aliphatic carbocycles. The minimum absolute atomic E-state index is 0.769. The first kappa shape index (κ1) is 12.4.